The Morgan fingerprint density at radius 1 is 1.57 bits per heavy atom. The Hall–Kier alpha value is -1.17. The van der Waals surface area contributed by atoms with E-state index < -0.39 is 27.3 Å². The van der Waals surface area contributed by atoms with E-state index in [1.54, 1.807) is 20.8 Å². The Bertz CT molecular complexity index is 280. The van der Waals surface area contributed by atoms with Crippen LogP contribution in [-0.4, -0.2) is 16.4 Å². The van der Waals surface area contributed by atoms with Gasteiger partial charge in [0, 0.05) is 5.54 Å². The monoisotopic (exact) mass is 223 g/mol. The molecule has 0 atom stereocenters. The standard InChI is InChI=1S/C7H11ClFN3O2/c1-7(2,3)11-5(8)4(6(9)10)12(13)14/h10-11H,1-3H3/b5-4+,10-6?. The van der Waals surface area contributed by atoms with Crippen LogP contribution in [0.2, 0.25) is 0 Å². The minimum Gasteiger partial charge on any atom is -0.365 e. The molecule has 0 saturated heterocycles. The van der Waals surface area contributed by atoms with Crippen molar-refractivity contribution in [3.8, 4) is 0 Å². The molecule has 0 saturated carbocycles. The molecule has 0 bridgehead atoms. The Labute approximate surface area is 85.6 Å². The molecule has 0 aliphatic carbocycles. The van der Waals surface area contributed by atoms with E-state index in [-0.39, 0.29) is 0 Å². The van der Waals surface area contributed by atoms with Crippen LogP contribution in [0.25, 0.3) is 0 Å². The van der Waals surface area contributed by atoms with Crippen LogP contribution >= 0.6 is 11.6 Å². The molecule has 0 aliphatic rings. The molecule has 0 radical (unpaired) electrons. The summed E-state index contributed by atoms with van der Waals surface area (Å²) in [7, 11) is 0. The molecule has 14 heavy (non-hydrogen) atoms. The van der Waals surface area contributed by atoms with Gasteiger partial charge in [0.1, 0.15) is 0 Å². The van der Waals surface area contributed by atoms with Gasteiger partial charge in [0.05, 0.1) is 4.92 Å². The Morgan fingerprint density at radius 3 is 2.21 bits per heavy atom. The topological polar surface area (TPSA) is 79.0 Å². The van der Waals surface area contributed by atoms with Crippen LogP contribution in [0.5, 0.6) is 0 Å². The maximum atomic E-state index is 12.4. The van der Waals surface area contributed by atoms with E-state index in [2.05, 4.69) is 5.32 Å². The minimum atomic E-state index is -1.67. The summed E-state index contributed by atoms with van der Waals surface area (Å²) in [5, 5.41) is 18.9. The average Bonchev–Trinajstić information content (AvgIpc) is 1.78. The molecule has 7 heteroatoms. The highest BCUT2D eigenvalue weighted by molar-refractivity contribution is 6.31. The van der Waals surface area contributed by atoms with Crippen molar-refractivity contribution in [2.75, 3.05) is 0 Å². The van der Waals surface area contributed by atoms with Gasteiger partial charge in [-0.15, -0.1) is 0 Å². The van der Waals surface area contributed by atoms with Crippen molar-refractivity contribution in [1.82, 2.24) is 5.32 Å². The third-order valence-electron chi connectivity index (χ3n) is 1.08. The minimum absolute atomic E-state index is 0.477. The second-order valence-electron chi connectivity index (χ2n) is 3.61. The highest BCUT2D eigenvalue weighted by Gasteiger charge is 2.26. The number of nitro groups is 1. The fourth-order valence-electron chi connectivity index (χ4n) is 0.645. The number of allylic oxidation sites excluding steroid dienone is 1. The molecule has 0 aromatic carbocycles. The van der Waals surface area contributed by atoms with Crippen LogP contribution in [0, 0.1) is 15.5 Å². The molecule has 0 rings (SSSR count). The molecule has 0 aromatic rings. The van der Waals surface area contributed by atoms with Crippen molar-refractivity contribution < 1.29 is 9.31 Å². The lowest BCUT2D eigenvalue weighted by atomic mass is 10.1. The number of rotatable bonds is 3. The molecule has 0 heterocycles. The summed E-state index contributed by atoms with van der Waals surface area (Å²) in [6, 6.07) is 0. The van der Waals surface area contributed by atoms with Gasteiger partial charge in [0.2, 0.25) is 0 Å². The van der Waals surface area contributed by atoms with E-state index in [1.807, 2.05) is 0 Å². The summed E-state index contributed by atoms with van der Waals surface area (Å²) < 4.78 is 12.4. The summed E-state index contributed by atoms with van der Waals surface area (Å²) >= 11 is 5.47. The van der Waals surface area contributed by atoms with E-state index in [4.69, 9.17) is 17.0 Å². The number of halogens is 2. The molecule has 0 fully saturated rings. The lowest BCUT2D eigenvalue weighted by Crippen LogP contribution is -2.35. The first-order chi connectivity index (χ1) is 6.15. The van der Waals surface area contributed by atoms with Crippen molar-refractivity contribution in [1.29, 1.82) is 5.41 Å². The molecule has 0 unspecified atom stereocenters. The van der Waals surface area contributed by atoms with Gasteiger partial charge in [-0.2, -0.15) is 4.39 Å². The highest BCUT2D eigenvalue weighted by Crippen LogP contribution is 2.13. The lowest BCUT2D eigenvalue weighted by molar-refractivity contribution is -0.417. The van der Waals surface area contributed by atoms with Gasteiger partial charge >= 0.3 is 5.70 Å². The molecular formula is C7H11ClFN3O2. The van der Waals surface area contributed by atoms with Gasteiger partial charge in [0.15, 0.2) is 5.16 Å². The molecular weight excluding hydrogens is 213 g/mol. The van der Waals surface area contributed by atoms with Gasteiger partial charge in [-0.05, 0) is 20.8 Å². The summed E-state index contributed by atoms with van der Waals surface area (Å²) in [6.07, 6.45) is 0. The Balaban J connectivity index is 5.03. The molecule has 0 aliphatic heterocycles. The summed E-state index contributed by atoms with van der Waals surface area (Å²) in [5.41, 5.74) is -1.59. The Kier molecular flexibility index (Phi) is 4.00. The molecule has 5 nitrogen and oxygen atoms in total. The number of hydrogen-bond acceptors (Lipinski definition) is 4. The third kappa shape index (κ3) is 4.18. The van der Waals surface area contributed by atoms with Crippen LogP contribution in [-0.2, 0) is 0 Å². The number of nitrogens with one attached hydrogen (secondary N) is 2. The largest absolute Gasteiger partial charge is 0.365 e. The quantitative estimate of drug-likeness (QED) is 0.332. The van der Waals surface area contributed by atoms with Crippen LogP contribution in [0.15, 0.2) is 10.9 Å². The SMILES string of the molecule is CC(C)(C)N/C(Cl)=C(\C(=N)F)[N+](=O)[O-]. The molecule has 2 N–H and O–H groups in total. The fourth-order valence-corrected chi connectivity index (χ4v) is 1.08. The zero-order valence-corrected chi connectivity index (χ0v) is 8.78. The predicted octanol–water partition coefficient (Wildman–Crippen LogP) is 2.01. The molecule has 0 amide bonds. The summed E-state index contributed by atoms with van der Waals surface area (Å²) in [6.45, 7) is 5.11. The predicted molar refractivity (Wildman–Crippen MR) is 51.6 cm³/mol. The Morgan fingerprint density at radius 2 is 2.00 bits per heavy atom. The van der Waals surface area contributed by atoms with E-state index in [1.165, 1.54) is 0 Å². The van der Waals surface area contributed by atoms with Crippen molar-refractivity contribution >= 4 is 17.6 Å². The number of nitrogens with zero attached hydrogens (tertiary/aromatic N) is 1. The van der Waals surface area contributed by atoms with Crippen molar-refractivity contribution in [3.05, 3.63) is 21.0 Å². The zero-order valence-electron chi connectivity index (χ0n) is 8.02. The maximum Gasteiger partial charge on any atom is 0.357 e. The van der Waals surface area contributed by atoms with E-state index in [0.29, 0.717) is 0 Å². The smallest absolute Gasteiger partial charge is 0.357 e. The normalized spacial score (nSPS) is 13.2. The van der Waals surface area contributed by atoms with Crippen molar-refractivity contribution in [3.63, 3.8) is 0 Å². The first kappa shape index (κ1) is 12.8. The fraction of sp³-hybridized carbons (Fsp3) is 0.571. The summed E-state index contributed by atoms with van der Waals surface area (Å²) in [5.74, 6) is -1.67. The molecule has 80 valence electrons. The van der Waals surface area contributed by atoms with E-state index in [9.17, 15) is 14.5 Å². The second-order valence-corrected chi connectivity index (χ2v) is 3.99. The zero-order chi connectivity index (χ0) is 11.5. The van der Waals surface area contributed by atoms with Gasteiger partial charge in [-0.1, -0.05) is 11.6 Å². The maximum absolute atomic E-state index is 12.4. The van der Waals surface area contributed by atoms with Crippen LogP contribution in [0.1, 0.15) is 20.8 Å². The van der Waals surface area contributed by atoms with E-state index in [0.717, 1.165) is 0 Å². The lowest BCUT2D eigenvalue weighted by Gasteiger charge is -2.20. The van der Waals surface area contributed by atoms with Crippen LogP contribution in [0.3, 0.4) is 0 Å². The second kappa shape index (κ2) is 4.36. The van der Waals surface area contributed by atoms with Crippen molar-refractivity contribution in [2.45, 2.75) is 26.3 Å². The van der Waals surface area contributed by atoms with E-state index >= 15 is 0 Å². The van der Waals surface area contributed by atoms with Gasteiger partial charge < -0.3 is 5.32 Å². The van der Waals surface area contributed by atoms with Gasteiger partial charge in [-0.3, -0.25) is 15.5 Å². The van der Waals surface area contributed by atoms with Crippen molar-refractivity contribution in [2.24, 2.45) is 0 Å². The van der Waals surface area contributed by atoms with Crippen LogP contribution < -0.4 is 5.32 Å². The number of hydrogen-bond donors (Lipinski definition) is 2. The summed E-state index contributed by atoms with van der Waals surface area (Å²) in [4.78, 5) is 9.27. The first-order valence-electron chi connectivity index (χ1n) is 3.72. The van der Waals surface area contributed by atoms with Gasteiger partial charge in [-0.25, -0.2) is 0 Å². The van der Waals surface area contributed by atoms with Crippen LogP contribution in [0.4, 0.5) is 4.39 Å². The molecule has 0 aromatic heterocycles. The highest BCUT2D eigenvalue weighted by atomic mass is 35.5. The third-order valence-corrected chi connectivity index (χ3v) is 1.36. The van der Waals surface area contributed by atoms with Gasteiger partial charge in [0.25, 0.3) is 5.97 Å². The first-order valence-corrected chi connectivity index (χ1v) is 4.09. The average molecular weight is 224 g/mol. The molecule has 0 spiro atoms.